The Hall–Kier alpha value is -1.27. The summed E-state index contributed by atoms with van der Waals surface area (Å²) in [5.74, 6) is 0. The number of aryl methyl sites for hydroxylation is 1. The van der Waals surface area contributed by atoms with Gasteiger partial charge in [0.2, 0.25) is 0 Å². The quantitative estimate of drug-likeness (QED) is 0.584. The second-order valence-electron chi connectivity index (χ2n) is 2.69. The van der Waals surface area contributed by atoms with Gasteiger partial charge in [0.05, 0.1) is 4.92 Å². The minimum Gasteiger partial charge on any atom is -0.258 e. The third-order valence-electron chi connectivity index (χ3n) is 1.65. The molecule has 2 aromatic rings. The van der Waals surface area contributed by atoms with Gasteiger partial charge >= 0.3 is 0 Å². The van der Waals surface area contributed by atoms with Crippen molar-refractivity contribution in [2.24, 2.45) is 0 Å². The van der Waals surface area contributed by atoms with E-state index in [0.29, 0.717) is 4.88 Å². The lowest BCUT2D eigenvalue weighted by Gasteiger charge is -1.90. The van der Waals surface area contributed by atoms with Crippen LogP contribution in [0.5, 0.6) is 0 Å². The summed E-state index contributed by atoms with van der Waals surface area (Å²) in [7, 11) is 0. The first-order valence-electron chi connectivity index (χ1n) is 3.83. The number of hydrogen-bond acceptors (Lipinski definition) is 5. The maximum Gasteiger partial charge on any atom is 0.290 e. The van der Waals surface area contributed by atoms with E-state index in [4.69, 9.17) is 0 Å². The topological polar surface area (TPSA) is 56.0 Å². The zero-order chi connectivity index (χ0) is 10.1. The smallest absolute Gasteiger partial charge is 0.258 e. The summed E-state index contributed by atoms with van der Waals surface area (Å²) in [6, 6.07) is 1.51. The standard InChI is InChI=1S/C8H6N2O2S2/c1-5-4-14-8(9-5)7-6(10(11)12)2-3-13-7/h2-4H,1H3. The molecule has 2 rings (SSSR count). The minimum absolute atomic E-state index is 0.143. The second kappa shape index (κ2) is 3.47. The summed E-state index contributed by atoms with van der Waals surface area (Å²) in [4.78, 5) is 15.1. The minimum atomic E-state index is -0.372. The first-order valence-corrected chi connectivity index (χ1v) is 5.59. The molecule has 0 amide bonds. The van der Waals surface area contributed by atoms with Gasteiger partial charge in [0.1, 0.15) is 9.88 Å². The zero-order valence-corrected chi connectivity index (χ0v) is 8.89. The summed E-state index contributed by atoms with van der Waals surface area (Å²) in [6.45, 7) is 1.87. The Morgan fingerprint density at radius 1 is 1.50 bits per heavy atom. The molecule has 0 unspecified atom stereocenters. The largest absolute Gasteiger partial charge is 0.290 e. The van der Waals surface area contributed by atoms with Crippen molar-refractivity contribution in [3.63, 3.8) is 0 Å². The summed E-state index contributed by atoms with van der Waals surface area (Å²) in [5.41, 5.74) is 1.04. The van der Waals surface area contributed by atoms with Crippen molar-refractivity contribution in [3.05, 3.63) is 32.6 Å². The summed E-state index contributed by atoms with van der Waals surface area (Å²) in [6.07, 6.45) is 0. The van der Waals surface area contributed by atoms with Crippen LogP contribution in [0.1, 0.15) is 5.69 Å². The van der Waals surface area contributed by atoms with E-state index in [0.717, 1.165) is 10.7 Å². The van der Waals surface area contributed by atoms with Crippen molar-refractivity contribution in [1.82, 2.24) is 4.98 Å². The van der Waals surface area contributed by atoms with E-state index >= 15 is 0 Å². The molecule has 0 aliphatic heterocycles. The Morgan fingerprint density at radius 3 is 2.86 bits per heavy atom. The molecule has 0 bridgehead atoms. The van der Waals surface area contributed by atoms with Gasteiger partial charge in [-0.2, -0.15) is 0 Å². The Kier molecular flexibility index (Phi) is 2.30. The molecule has 0 aliphatic rings. The number of nitrogens with zero attached hydrogens (tertiary/aromatic N) is 2. The molecule has 72 valence electrons. The Bertz CT molecular complexity index is 475. The number of aromatic nitrogens is 1. The predicted molar refractivity (Wildman–Crippen MR) is 56.8 cm³/mol. The molecule has 0 N–H and O–H groups in total. The lowest BCUT2D eigenvalue weighted by molar-refractivity contribution is -0.383. The van der Waals surface area contributed by atoms with Gasteiger partial charge in [0.25, 0.3) is 5.69 Å². The van der Waals surface area contributed by atoms with Crippen molar-refractivity contribution in [2.75, 3.05) is 0 Å². The Balaban J connectivity index is 2.51. The average molecular weight is 226 g/mol. The van der Waals surface area contributed by atoms with E-state index < -0.39 is 0 Å². The van der Waals surface area contributed by atoms with Gasteiger partial charge in [0, 0.05) is 17.1 Å². The Morgan fingerprint density at radius 2 is 2.29 bits per heavy atom. The number of thiazole rings is 1. The van der Waals surface area contributed by atoms with E-state index in [1.165, 1.54) is 28.7 Å². The third kappa shape index (κ3) is 1.53. The maximum absolute atomic E-state index is 10.7. The SMILES string of the molecule is Cc1csc(-c2sccc2[N+](=O)[O-])n1. The number of thiophene rings is 1. The average Bonchev–Trinajstić information content (AvgIpc) is 2.70. The molecule has 6 heteroatoms. The molecule has 0 fully saturated rings. The van der Waals surface area contributed by atoms with Crippen molar-refractivity contribution < 1.29 is 4.92 Å². The second-order valence-corrected chi connectivity index (χ2v) is 4.46. The van der Waals surface area contributed by atoms with Gasteiger partial charge in [-0.3, -0.25) is 10.1 Å². The van der Waals surface area contributed by atoms with Crippen molar-refractivity contribution in [1.29, 1.82) is 0 Å². The summed E-state index contributed by atoms with van der Waals surface area (Å²) < 4.78 is 0. The van der Waals surface area contributed by atoms with Crippen LogP contribution in [0, 0.1) is 17.0 Å². The third-order valence-corrected chi connectivity index (χ3v) is 3.67. The van der Waals surface area contributed by atoms with Gasteiger partial charge in [-0.1, -0.05) is 0 Å². The fraction of sp³-hybridized carbons (Fsp3) is 0.125. The highest BCUT2D eigenvalue weighted by Crippen LogP contribution is 2.36. The van der Waals surface area contributed by atoms with Crippen LogP contribution < -0.4 is 0 Å². The van der Waals surface area contributed by atoms with Crippen LogP contribution in [0.3, 0.4) is 0 Å². The fourth-order valence-corrected chi connectivity index (χ4v) is 2.84. The Labute approximate surface area is 88.0 Å². The highest BCUT2D eigenvalue weighted by atomic mass is 32.1. The van der Waals surface area contributed by atoms with Crippen LogP contribution >= 0.6 is 22.7 Å². The van der Waals surface area contributed by atoms with Crippen LogP contribution in [0.2, 0.25) is 0 Å². The molecule has 2 heterocycles. The van der Waals surface area contributed by atoms with E-state index in [2.05, 4.69) is 4.98 Å². The van der Waals surface area contributed by atoms with E-state index in [1.807, 2.05) is 12.3 Å². The molecule has 4 nitrogen and oxygen atoms in total. The van der Waals surface area contributed by atoms with Crippen LogP contribution in [0.25, 0.3) is 9.88 Å². The van der Waals surface area contributed by atoms with Crippen LogP contribution in [0.15, 0.2) is 16.8 Å². The maximum atomic E-state index is 10.7. The molecule has 0 saturated heterocycles. The lowest BCUT2D eigenvalue weighted by Crippen LogP contribution is -1.86. The molecule has 0 atom stereocenters. The van der Waals surface area contributed by atoms with E-state index in [-0.39, 0.29) is 10.6 Å². The molecule has 14 heavy (non-hydrogen) atoms. The van der Waals surface area contributed by atoms with Gasteiger partial charge < -0.3 is 0 Å². The van der Waals surface area contributed by atoms with Crippen LogP contribution in [0.4, 0.5) is 5.69 Å². The number of rotatable bonds is 2. The van der Waals surface area contributed by atoms with Crippen molar-refractivity contribution >= 4 is 28.4 Å². The first-order chi connectivity index (χ1) is 6.68. The zero-order valence-electron chi connectivity index (χ0n) is 7.26. The summed E-state index contributed by atoms with van der Waals surface area (Å²) in [5, 5.41) is 15.0. The van der Waals surface area contributed by atoms with Crippen LogP contribution in [-0.2, 0) is 0 Å². The van der Waals surface area contributed by atoms with Gasteiger partial charge in [-0.25, -0.2) is 4.98 Å². The van der Waals surface area contributed by atoms with Crippen molar-refractivity contribution in [3.8, 4) is 9.88 Å². The van der Waals surface area contributed by atoms with Gasteiger partial charge in [0.15, 0.2) is 0 Å². The molecule has 2 aromatic heterocycles. The lowest BCUT2D eigenvalue weighted by atomic mass is 10.4. The van der Waals surface area contributed by atoms with E-state index in [1.54, 1.807) is 5.38 Å². The van der Waals surface area contributed by atoms with E-state index in [9.17, 15) is 10.1 Å². The molecule has 0 radical (unpaired) electrons. The number of hydrogen-bond donors (Lipinski definition) is 0. The first kappa shape index (κ1) is 9.29. The van der Waals surface area contributed by atoms with Crippen LogP contribution in [-0.4, -0.2) is 9.91 Å². The molecular weight excluding hydrogens is 220 g/mol. The van der Waals surface area contributed by atoms with Gasteiger partial charge in [-0.05, 0) is 12.3 Å². The molecule has 0 spiro atoms. The highest BCUT2D eigenvalue weighted by molar-refractivity contribution is 7.20. The van der Waals surface area contributed by atoms with Gasteiger partial charge in [-0.15, -0.1) is 22.7 Å². The fourth-order valence-electron chi connectivity index (χ4n) is 1.06. The highest BCUT2D eigenvalue weighted by Gasteiger charge is 2.18. The molecule has 0 aromatic carbocycles. The molecule has 0 aliphatic carbocycles. The molecule has 0 saturated carbocycles. The summed E-state index contributed by atoms with van der Waals surface area (Å²) >= 11 is 2.78. The van der Waals surface area contributed by atoms with Crippen molar-refractivity contribution in [2.45, 2.75) is 6.92 Å². The number of nitro groups is 1. The monoisotopic (exact) mass is 226 g/mol. The molecular formula is C8H6N2O2S2. The normalized spacial score (nSPS) is 10.4. The predicted octanol–water partition coefficient (Wildman–Crippen LogP) is 3.09.